The van der Waals surface area contributed by atoms with Gasteiger partial charge in [0.15, 0.2) is 0 Å². The van der Waals surface area contributed by atoms with Gasteiger partial charge in [0.25, 0.3) is 0 Å². The van der Waals surface area contributed by atoms with Gasteiger partial charge in [-0.05, 0) is 55.8 Å². The first-order valence-corrected chi connectivity index (χ1v) is 11.3. The average molecular weight is 475 g/mol. The summed E-state index contributed by atoms with van der Waals surface area (Å²) >= 11 is 0. The molecule has 3 aromatic carbocycles. The Balaban J connectivity index is 1.52. The van der Waals surface area contributed by atoms with Crippen LogP contribution in [0, 0.1) is 6.92 Å². The van der Waals surface area contributed by atoms with Gasteiger partial charge in [0, 0.05) is 11.6 Å². The lowest BCUT2D eigenvalue weighted by molar-refractivity contribution is 0.0505. The zero-order chi connectivity index (χ0) is 24.8. The minimum atomic E-state index is -0.400. The molecule has 0 aliphatic heterocycles. The molecule has 0 aliphatic carbocycles. The van der Waals surface area contributed by atoms with E-state index in [1.54, 1.807) is 56.5 Å². The van der Waals surface area contributed by atoms with Crippen molar-refractivity contribution in [1.29, 1.82) is 0 Å². The Hall–Kier alpha value is -4.26. The molecule has 0 fully saturated rings. The maximum Gasteiger partial charge on any atom is 0.338 e. The lowest BCUT2D eigenvalue weighted by atomic mass is 10.2. The molecule has 0 amide bonds. The zero-order valence-electron chi connectivity index (χ0n) is 19.8. The second kappa shape index (κ2) is 10.8. The Bertz CT molecular complexity index is 1390. The molecule has 0 saturated carbocycles. The molecule has 0 saturated heterocycles. The predicted molar refractivity (Wildman–Crippen MR) is 132 cm³/mol. The highest BCUT2D eigenvalue weighted by Crippen LogP contribution is 2.28. The molecule has 0 N–H and O–H groups in total. The summed E-state index contributed by atoms with van der Waals surface area (Å²) in [5.74, 6) is 1.72. The molecular weight excluding hydrogens is 448 g/mol. The van der Waals surface area contributed by atoms with Gasteiger partial charge >= 0.3 is 5.97 Å². The van der Waals surface area contributed by atoms with Crippen molar-refractivity contribution < 1.29 is 28.2 Å². The van der Waals surface area contributed by atoms with Crippen molar-refractivity contribution >= 4 is 16.9 Å². The van der Waals surface area contributed by atoms with Crippen molar-refractivity contribution in [2.24, 2.45) is 0 Å². The lowest BCUT2D eigenvalue weighted by Gasteiger charge is -2.12. The summed E-state index contributed by atoms with van der Waals surface area (Å²) < 4.78 is 28.1. The molecule has 0 bridgehead atoms. The Kier molecular flexibility index (Phi) is 7.35. The number of ether oxygens (including phenoxy) is 4. The van der Waals surface area contributed by atoms with E-state index < -0.39 is 5.97 Å². The van der Waals surface area contributed by atoms with Gasteiger partial charge < -0.3 is 23.4 Å². The first-order chi connectivity index (χ1) is 17.0. The fourth-order valence-corrected chi connectivity index (χ4v) is 3.51. The lowest BCUT2D eigenvalue weighted by Crippen LogP contribution is -2.08. The molecule has 1 heterocycles. The quantitative estimate of drug-likeness (QED) is 0.273. The fraction of sp³-hybridized carbons (Fsp3) is 0.214. The number of methoxy groups -OCH3 is 1. The molecule has 35 heavy (non-hydrogen) atoms. The topological polar surface area (TPSA) is 84.2 Å². The van der Waals surface area contributed by atoms with Gasteiger partial charge in [-0.25, -0.2) is 4.79 Å². The molecule has 7 heteroatoms. The van der Waals surface area contributed by atoms with Crippen LogP contribution in [-0.4, -0.2) is 19.7 Å². The Morgan fingerprint density at radius 1 is 0.971 bits per heavy atom. The monoisotopic (exact) mass is 474 g/mol. The molecular formula is C28H26O7. The van der Waals surface area contributed by atoms with Crippen molar-refractivity contribution in [1.82, 2.24) is 0 Å². The SMILES string of the molecule is CCCOC(=O)c1ccc(Oc2c(C)oc3cc(OCc4ccccc4OC)ccc3c2=O)cc1. The number of aryl methyl sites for hydroxylation is 1. The van der Waals surface area contributed by atoms with Gasteiger partial charge in [-0.3, -0.25) is 4.79 Å². The highest BCUT2D eigenvalue weighted by molar-refractivity contribution is 5.89. The molecule has 4 aromatic rings. The van der Waals surface area contributed by atoms with Crippen LogP contribution in [0.4, 0.5) is 0 Å². The molecule has 180 valence electrons. The molecule has 7 nitrogen and oxygen atoms in total. The number of benzene rings is 3. The first kappa shape index (κ1) is 23.9. The molecule has 0 atom stereocenters. The smallest absolute Gasteiger partial charge is 0.338 e. The molecule has 0 unspecified atom stereocenters. The van der Waals surface area contributed by atoms with Crippen LogP contribution in [-0.2, 0) is 11.3 Å². The molecule has 0 radical (unpaired) electrons. The summed E-state index contributed by atoms with van der Waals surface area (Å²) in [6, 6.07) is 19.1. The third kappa shape index (κ3) is 5.46. The minimum Gasteiger partial charge on any atom is -0.496 e. The molecule has 1 aromatic heterocycles. The number of hydrogen-bond acceptors (Lipinski definition) is 7. The van der Waals surface area contributed by atoms with Crippen molar-refractivity contribution in [3.63, 3.8) is 0 Å². The maximum atomic E-state index is 13.1. The van der Waals surface area contributed by atoms with E-state index in [0.29, 0.717) is 47.0 Å². The normalized spacial score (nSPS) is 10.7. The van der Waals surface area contributed by atoms with Crippen LogP contribution in [0.1, 0.15) is 35.0 Å². The second-order valence-corrected chi connectivity index (χ2v) is 7.84. The molecule has 4 rings (SSSR count). The van der Waals surface area contributed by atoms with E-state index in [4.69, 9.17) is 23.4 Å². The van der Waals surface area contributed by atoms with Crippen LogP contribution in [0.25, 0.3) is 11.0 Å². The van der Waals surface area contributed by atoms with Crippen LogP contribution < -0.4 is 19.6 Å². The van der Waals surface area contributed by atoms with Gasteiger partial charge in [-0.1, -0.05) is 25.1 Å². The summed E-state index contributed by atoms with van der Waals surface area (Å²) in [5, 5.41) is 0.370. The van der Waals surface area contributed by atoms with E-state index >= 15 is 0 Å². The van der Waals surface area contributed by atoms with Crippen LogP contribution in [0.5, 0.6) is 23.0 Å². The number of para-hydroxylation sites is 1. The molecule has 0 spiro atoms. The van der Waals surface area contributed by atoms with Gasteiger partial charge in [-0.15, -0.1) is 0 Å². The fourth-order valence-electron chi connectivity index (χ4n) is 3.51. The standard InChI is InChI=1S/C28H26O7/c1-4-15-32-28(30)19-9-11-21(12-10-19)35-27-18(2)34-25-16-22(13-14-23(25)26(27)29)33-17-20-7-5-6-8-24(20)31-3/h5-14,16H,4,15,17H2,1-3H3. The Morgan fingerprint density at radius 2 is 1.71 bits per heavy atom. The van der Waals surface area contributed by atoms with Crippen molar-refractivity contribution in [2.75, 3.05) is 13.7 Å². The van der Waals surface area contributed by atoms with Gasteiger partial charge in [-0.2, -0.15) is 0 Å². The second-order valence-electron chi connectivity index (χ2n) is 7.84. The summed E-state index contributed by atoms with van der Waals surface area (Å²) in [4.78, 5) is 25.1. The van der Waals surface area contributed by atoms with E-state index in [-0.39, 0.29) is 11.2 Å². The summed E-state index contributed by atoms with van der Waals surface area (Å²) in [7, 11) is 1.61. The predicted octanol–water partition coefficient (Wildman–Crippen LogP) is 6.05. The molecule has 0 aliphatic rings. The van der Waals surface area contributed by atoms with Gasteiger partial charge in [0.05, 0.1) is 24.7 Å². The Morgan fingerprint density at radius 3 is 2.46 bits per heavy atom. The minimum absolute atomic E-state index is 0.0847. The van der Waals surface area contributed by atoms with Crippen molar-refractivity contribution in [2.45, 2.75) is 26.9 Å². The summed E-state index contributed by atoms with van der Waals surface area (Å²) in [6.07, 6.45) is 0.749. The van der Waals surface area contributed by atoms with Crippen LogP contribution in [0.3, 0.4) is 0 Å². The van der Waals surface area contributed by atoms with Crippen LogP contribution >= 0.6 is 0 Å². The van der Waals surface area contributed by atoms with E-state index in [1.807, 2.05) is 31.2 Å². The maximum absolute atomic E-state index is 13.1. The van der Waals surface area contributed by atoms with Gasteiger partial charge in [0.1, 0.15) is 35.2 Å². The van der Waals surface area contributed by atoms with E-state index in [2.05, 4.69) is 0 Å². The summed E-state index contributed by atoms with van der Waals surface area (Å²) in [5.41, 5.74) is 1.41. The number of rotatable bonds is 9. The van der Waals surface area contributed by atoms with Crippen molar-refractivity contribution in [3.05, 3.63) is 93.8 Å². The highest BCUT2D eigenvalue weighted by atomic mass is 16.5. The number of carbonyl (C=O) groups is 1. The third-order valence-electron chi connectivity index (χ3n) is 5.32. The van der Waals surface area contributed by atoms with Crippen LogP contribution in [0.15, 0.2) is 75.9 Å². The summed E-state index contributed by atoms with van der Waals surface area (Å²) in [6.45, 7) is 4.26. The third-order valence-corrected chi connectivity index (χ3v) is 5.32. The zero-order valence-corrected chi connectivity index (χ0v) is 19.8. The van der Waals surface area contributed by atoms with Gasteiger partial charge in [0.2, 0.25) is 11.2 Å². The number of hydrogen-bond donors (Lipinski definition) is 0. The van der Waals surface area contributed by atoms with E-state index in [0.717, 1.165) is 17.7 Å². The number of carbonyl (C=O) groups excluding carboxylic acids is 1. The number of esters is 1. The Labute approximate surface area is 202 Å². The van der Waals surface area contributed by atoms with E-state index in [9.17, 15) is 9.59 Å². The average Bonchev–Trinajstić information content (AvgIpc) is 2.88. The first-order valence-electron chi connectivity index (χ1n) is 11.3. The largest absolute Gasteiger partial charge is 0.496 e. The van der Waals surface area contributed by atoms with Crippen molar-refractivity contribution in [3.8, 4) is 23.0 Å². The number of fused-ring (bicyclic) bond motifs is 1. The highest BCUT2D eigenvalue weighted by Gasteiger charge is 2.15. The van der Waals surface area contributed by atoms with E-state index in [1.165, 1.54) is 0 Å². The van der Waals surface area contributed by atoms with Crippen LogP contribution in [0.2, 0.25) is 0 Å².